The highest BCUT2D eigenvalue weighted by molar-refractivity contribution is 6.11. The maximum Gasteiger partial charge on any atom is 0.337 e. The highest BCUT2D eigenvalue weighted by Gasteiger charge is 2.61. The highest BCUT2D eigenvalue weighted by atomic mass is 16.6. The largest absolute Gasteiger partial charge is 0.459 e. The fourth-order valence-corrected chi connectivity index (χ4v) is 3.33. The van der Waals surface area contributed by atoms with Crippen LogP contribution in [0, 0.1) is 16.0 Å². The van der Waals surface area contributed by atoms with Crippen molar-refractivity contribution < 1.29 is 29.2 Å². The summed E-state index contributed by atoms with van der Waals surface area (Å²) in [6.07, 6.45) is -0.852. The SMILES string of the molecule is C[C@@H](O)[C@H]1C(=O)N2[C@H](C(=O)OCc3ccc([N+](=O)[O-])cc3)C(=O)C[C@H]12. The molecule has 0 spiro atoms. The first-order valence-electron chi connectivity index (χ1n) is 7.74. The van der Waals surface area contributed by atoms with Crippen molar-refractivity contribution in [2.45, 2.75) is 38.1 Å². The molecule has 132 valence electrons. The topological polar surface area (TPSA) is 127 Å². The summed E-state index contributed by atoms with van der Waals surface area (Å²) in [5.41, 5.74) is 0.442. The second-order valence-electron chi connectivity index (χ2n) is 6.18. The van der Waals surface area contributed by atoms with Gasteiger partial charge in [-0.1, -0.05) is 0 Å². The van der Waals surface area contributed by atoms with Gasteiger partial charge in [-0.3, -0.25) is 19.7 Å². The molecule has 0 aromatic heterocycles. The molecule has 3 rings (SSSR count). The number of Topliss-reactive ketones (excluding diaryl/α,β-unsaturated/α-hetero) is 1. The standard InChI is InChI=1S/C16H16N2O7/c1-8(19)13-11-6-12(20)14(17(11)15(13)21)16(22)25-7-9-2-4-10(5-3-9)18(23)24/h2-5,8,11,13-14,19H,6-7H2,1H3/t8-,11-,13-,14+/m1/s1. The third-order valence-corrected chi connectivity index (χ3v) is 4.58. The van der Waals surface area contributed by atoms with Gasteiger partial charge in [-0.05, 0) is 24.6 Å². The number of aliphatic hydroxyl groups is 1. The number of ether oxygens (including phenoxy) is 1. The Labute approximate surface area is 142 Å². The molecular formula is C16H16N2O7. The number of hydrogen-bond acceptors (Lipinski definition) is 7. The summed E-state index contributed by atoms with van der Waals surface area (Å²) < 4.78 is 5.09. The van der Waals surface area contributed by atoms with Gasteiger partial charge >= 0.3 is 5.97 Å². The Kier molecular flexibility index (Phi) is 4.25. The van der Waals surface area contributed by atoms with Crippen molar-refractivity contribution in [2.24, 2.45) is 5.92 Å². The number of esters is 1. The molecule has 9 heteroatoms. The molecule has 2 fully saturated rings. The van der Waals surface area contributed by atoms with Crippen LogP contribution in [0.2, 0.25) is 0 Å². The van der Waals surface area contributed by atoms with E-state index in [9.17, 15) is 29.6 Å². The number of rotatable bonds is 5. The molecule has 2 aliphatic heterocycles. The number of β-lactam (4-membered cyclic amide) rings is 1. The van der Waals surface area contributed by atoms with Gasteiger partial charge in [-0.25, -0.2) is 4.79 Å². The molecule has 2 aliphatic rings. The second kappa shape index (κ2) is 6.25. The molecule has 0 saturated carbocycles. The van der Waals surface area contributed by atoms with Gasteiger partial charge in [0.15, 0.2) is 11.8 Å². The number of hydrogen-bond donors (Lipinski definition) is 1. The average molecular weight is 348 g/mol. The molecule has 4 atom stereocenters. The van der Waals surface area contributed by atoms with Gasteiger partial charge in [0.2, 0.25) is 5.91 Å². The Bertz CT molecular complexity index is 743. The summed E-state index contributed by atoms with van der Waals surface area (Å²) in [5.74, 6) is -2.32. The summed E-state index contributed by atoms with van der Waals surface area (Å²) in [7, 11) is 0. The lowest BCUT2D eigenvalue weighted by Gasteiger charge is -2.45. The number of aliphatic hydroxyl groups excluding tert-OH is 1. The number of non-ortho nitro benzene ring substituents is 1. The van der Waals surface area contributed by atoms with Crippen LogP contribution in [-0.4, -0.2) is 50.8 Å². The van der Waals surface area contributed by atoms with Crippen LogP contribution in [-0.2, 0) is 25.7 Å². The number of nitro benzene ring substituents is 1. The third kappa shape index (κ3) is 2.86. The molecule has 1 amide bonds. The van der Waals surface area contributed by atoms with E-state index in [4.69, 9.17) is 4.74 Å². The molecule has 1 aromatic rings. The fourth-order valence-electron chi connectivity index (χ4n) is 3.33. The van der Waals surface area contributed by atoms with Crippen molar-refractivity contribution in [1.29, 1.82) is 0 Å². The molecule has 25 heavy (non-hydrogen) atoms. The van der Waals surface area contributed by atoms with Gasteiger partial charge in [0, 0.05) is 18.6 Å². The summed E-state index contributed by atoms with van der Waals surface area (Å²) in [4.78, 5) is 47.6. The molecule has 1 N–H and O–H groups in total. The van der Waals surface area contributed by atoms with Crippen molar-refractivity contribution in [3.63, 3.8) is 0 Å². The van der Waals surface area contributed by atoms with E-state index in [0.29, 0.717) is 5.56 Å². The monoisotopic (exact) mass is 348 g/mol. The molecule has 0 radical (unpaired) electrons. The normalized spacial score (nSPS) is 26.0. The maximum atomic E-state index is 12.2. The van der Waals surface area contributed by atoms with Crippen LogP contribution in [0.3, 0.4) is 0 Å². The fraction of sp³-hybridized carbons (Fsp3) is 0.438. The average Bonchev–Trinajstić information content (AvgIpc) is 2.85. The van der Waals surface area contributed by atoms with Crippen molar-refractivity contribution in [2.75, 3.05) is 0 Å². The first-order valence-corrected chi connectivity index (χ1v) is 7.74. The number of nitrogens with zero attached hydrogens (tertiary/aromatic N) is 2. The Hall–Kier alpha value is -2.81. The van der Waals surface area contributed by atoms with Gasteiger partial charge in [0.25, 0.3) is 5.69 Å². The van der Waals surface area contributed by atoms with E-state index in [-0.39, 0.29) is 18.7 Å². The summed E-state index contributed by atoms with van der Waals surface area (Å²) in [6, 6.07) is 3.73. The Morgan fingerprint density at radius 1 is 1.40 bits per heavy atom. The predicted molar refractivity (Wildman–Crippen MR) is 82.1 cm³/mol. The number of amides is 1. The lowest BCUT2D eigenvalue weighted by atomic mass is 9.84. The molecule has 0 bridgehead atoms. The van der Waals surface area contributed by atoms with E-state index < -0.39 is 46.7 Å². The summed E-state index contributed by atoms with van der Waals surface area (Å²) >= 11 is 0. The quantitative estimate of drug-likeness (QED) is 0.264. The molecule has 2 saturated heterocycles. The maximum absolute atomic E-state index is 12.2. The minimum atomic E-state index is -1.27. The van der Waals surface area contributed by atoms with Gasteiger partial charge in [-0.2, -0.15) is 0 Å². The van der Waals surface area contributed by atoms with Crippen molar-refractivity contribution in [1.82, 2.24) is 4.90 Å². The van der Waals surface area contributed by atoms with Gasteiger partial charge < -0.3 is 14.7 Å². The smallest absolute Gasteiger partial charge is 0.337 e. The minimum absolute atomic E-state index is 0.0264. The Balaban J connectivity index is 1.63. The first kappa shape index (κ1) is 17.0. The van der Waals surface area contributed by atoms with Crippen LogP contribution in [0.15, 0.2) is 24.3 Å². The summed E-state index contributed by atoms with van der Waals surface area (Å²) in [6.45, 7) is 1.32. The molecular weight excluding hydrogens is 332 g/mol. The number of fused-ring (bicyclic) bond motifs is 1. The zero-order chi connectivity index (χ0) is 18.3. The number of carbonyl (C=O) groups is 3. The number of ketones is 1. The lowest BCUT2D eigenvalue weighted by molar-refractivity contribution is -0.384. The van der Waals surface area contributed by atoms with Gasteiger partial charge in [0.1, 0.15) is 6.61 Å². The third-order valence-electron chi connectivity index (χ3n) is 4.58. The van der Waals surface area contributed by atoms with E-state index >= 15 is 0 Å². The second-order valence-corrected chi connectivity index (χ2v) is 6.18. The Morgan fingerprint density at radius 2 is 2.04 bits per heavy atom. The number of carbonyl (C=O) groups excluding carboxylic acids is 3. The van der Waals surface area contributed by atoms with E-state index in [1.807, 2.05) is 0 Å². The van der Waals surface area contributed by atoms with Crippen LogP contribution in [0.1, 0.15) is 18.9 Å². The zero-order valence-electron chi connectivity index (χ0n) is 13.3. The molecule has 9 nitrogen and oxygen atoms in total. The van der Waals surface area contributed by atoms with Crippen LogP contribution in [0.4, 0.5) is 5.69 Å². The molecule has 0 unspecified atom stereocenters. The number of nitro groups is 1. The van der Waals surface area contributed by atoms with E-state index in [0.717, 1.165) is 0 Å². The highest BCUT2D eigenvalue weighted by Crippen LogP contribution is 2.40. The van der Waals surface area contributed by atoms with Crippen LogP contribution < -0.4 is 0 Å². The molecule has 2 heterocycles. The van der Waals surface area contributed by atoms with Gasteiger partial charge in [-0.15, -0.1) is 0 Å². The Morgan fingerprint density at radius 3 is 2.60 bits per heavy atom. The first-order chi connectivity index (χ1) is 11.8. The van der Waals surface area contributed by atoms with Crippen LogP contribution in [0.25, 0.3) is 0 Å². The zero-order valence-corrected chi connectivity index (χ0v) is 13.3. The van der Waals surface area contributed by atoms with Crippen molar-refractivity contribution in [3.05, 3.63) is 39.9 Å². The summed E-state index contributed by atoms with van der Waals surface area (Å²) in [5, 5.41) is 20.2. The van der Waals surface area contributed by atoms with Crippen molar-refractivity contribution in [3.8, 4) is 0 Å². The molecule has 1 aromatic carbocycles. The van der Waals surface area contributed by atoms with E-state index in [1.54, 1.807) is 0 Å². The van der Waals surface area contributed by atoms with Crippen LogP contribution >= 0.6 is 0 Å². The minimum Gasteiger partial charge on any atom is -0.459 e. The van der Waals surface area contributed by atoms with Gasteiger partial charge in [0.05, 0.1) is 23.0 Å². The van der Waals surface area contributed by atoms with E-state index in [1.165, 1.54) is 36.1 Å². The molecule has 0 aliphatic carbocycles. The van der Waals surface area contributed by atoms with E-state index in [2.05, 4.69) is 0 Å². The lowest BCUT2D eigenvalue weighted by Crippen LogP contribution is -2.64. The number of benzene rings is 1. The van der Waals surface area contributed by atoms with Crippen molar-refractivity contribution >= 4 is 23.3 Å². The predicted octanol–water partition coefficient (Wildman–Crippen LogP) is 0.187. The van der Waals surface area contributed by atoms with Crippen LogP contribution in [0.5, 0.6) is 0 Å².